The highest BCUT2D eigenvalue weighted by Gasteiger charge is 2.32. The Bertz CT molecular complexity index is 837. The Morgan fingerprint density at radius 1 is 1.19 bits per heavy atom. The number of nitrogens with two attached hydrogens (primary N) is 1. The lowest BCUT2D eigenvalue weighted by Crippen LogP contribution is -2.17. The molecule has 0 radical (unpaired) electrons. The standard InChI is InChI=1S/C18H18F3N3O2/c1-2-26-17(25)23-16-6-5-14(8-15(16)22)24-9-11-3-4-13(18(19,20)21)7-12(11)10-24/h3-8H,2,9-10,22H2,1H3,(H,23,25). The molecule has 5 nitrogen and oxygen atoms in total. The predicted molar refractivity (Wildman–Crippen MR) is 92.8 cm³/mol. The number of hydrogen-bond acceptors (Lipinski definition) is 4. The van der Waals surface area contributed by atoms with Gasteiger partial charge >= 0.3 is 12.3 Å². The molecule has 1 aliphatic heterocycles. The van der Waals surface area contributed by atoms with Crippen LogP contribution in [0.25, 0.3) is 0 Å². The molecule has 1 amide bonds. The Morgan fingerprint density at radius 2 is 1.92 bits per heavy atom. The Balaban J connectivity index is 1.76. The lowest BCUT2D eigenvalue weighted by Gasteiger charge is -2.19. The molecule has 0 saturated heterocycles. The van der Waals surface area contributed by atoms with E-state index in [0.717, 1.165) is 17.3 Å². The van der Waals surface area contributed by atoms with Gasteiger partial charge in [0.2, 0.25) is 0 Å². The molecule has 2 aromatic carbocycles. The average Bonchev–Trinajstić information content (AvgIpc) is 2.99. The molecule has 0 spiro atoms. The summed E-state index contributed by atoms with van der Waals surface area (Å²) in [5.74, 6) is 0. The second-order valence-electron chi connectivity index (χ2n) is 5.95. The van der Waals surface area contributed by atoms with Crippen LogP contribution in [-0.2, 0) is 24.0 Å². The van der Waals surface area contributed by atoms with Crippen LogP contribution in [0.15, 0.2) is 36.4 Å². The molecule has 1 aliphatic rings. The Morgan fingerprint density at radius 3 is 2.58 bits per heavy atom. The Kier molecular flexibility index (Phi) is 4.67. The van der Waals surface area contributed by atoms with Gasteiger partial charge in [0.1, 0.15) is 0 Å². The maximum atomic E-state index is 12.9. The number of carbonyl (C=O) groups excluding carboxylic acids is 1. The van der Waals surface area contributed by atoms with Crippen molar-refractivity contribution in [1.29, 1.82) is 0 Å². The summed E-state index contributed by atoms with van der Waals surface area (Å²) < 4.78 is 43.4. The topological polar surface area (TPSA) is 67.6 Å². The third kappa shape index (κ3) is 3.68. The van der Waals surface area contributed by atoms with Crippen LogP contribution in [0, 0.1) is 0 Å². The van der Waals surface area contributed by atoms with Gasteiger partial charge < -0.3 is 15.4 Å². The SMILES string of the molecule is CCOC(=O)Nc1ccc(N2Cc3ccc(C(F)(F)F)cc3C2)cc1N. The predicted octanol–water partition coefficient (Wildman–Crippen LogP) is 4.38. The van der Waals surface area contributed by atoms with Gasteiger partial charge in [0.25, 0.3) is 0 Å². The van der Waals surface area contributed by atoms with Crippen molar-refractivity contribution in [3.63, 3.8) is 0 Å². The van der Waals surface area contributed by atoms with Crippen molar-refractivity contribution in [3.05, 3.63) is 53.1 Å². The highest BCUT2D eigenvalue weighted by molar-refractivity contribution is 5.89. The van der Waals surface area contributed by atoms with Gasteiger partial charge in [0, 0.05) is 18.8 Å². The Labute approximate surface area is 148 Å². The number of anilines is 3. The molecule has 1 heterocycles. The summed E-state index contributed by atoms with van der Waals surface area (Å²) in [6.45, 7) is 2.80. The first-order valence-electron chi connectivity index (χ1n) is 8.05. The van der Waals surface area contributed by atoms with E-state index < -0.39 is 17.8 Å². The normalized spacial score (nSPS) is 13.5. The van der Waals surface area contributed by atoms with E-state index in [-0.39, 0.29) is 6.61 Å². The molecule has 8 heteroatoms. The monoisotopic (exact) mass is 365 g/mol. The summed E-state index contributed by atoms with van der Waals surface area (Å²) in [7, 11) is 0. The first-order chi connectivity index (χ1) is 12.3. The lowest BCUT2D eigenvalue weighted by atomic mass is 10.1. The molecule has 0 unspecified atom stereocenters. The summed E-state index contributed by atoms with van der Waals surface area (Å²) in [4.78, 5) is 13.4. The molecule has 2 aromatic rings. The number of rotatable bonds is 3. The second-order valence-corrected chi connectivity index (χ2v) is 5.95. The minimum Gasteiger partial charge on any atom is -0.450 e. The summed E-state index contributed by atoms with van der Waals surface area (Å²) in [6, 6.07) is 8.88. The van der Waals surface area contributed by atoms with Crippen LogP contribution in [0.5, 0.6) is 0 Å². The molecule has 0 aliphatic carbocycles. The second kappa shape index (κ2) is 6.78. The van der Waals surface area contributed by atoms with Gasteiger partial charge in [-0.2, -0.15) is 13.2 Å². The van der Waals surface area contributed by atoms with Gasteiger partial charge in [-0.25, -0.2) is 4.79 Å². The number of hydrogen-bond donors (Lipinski definition) is 2. The van der Waals surface area contributed by atoms with Crippen molar-refractivity contribution in [1.82, 2.24) is 0 Å². The van der Waals surface area contributed by atoms with E-state index in [1.807, 2.05) is 4.90 Å². The van der Waals surface area contributed by atoms with E-state index in [1.165, 1.54) is 12.1 Å². The fourth-order valence-electron chi connectivity index (χ4n) is 2.89. The largest absolute Gasteiger partial charge is 0.450 e. The smallest absolute Gasteiger partial charge is 0.416 e. The highest BCUT2D eigenvalue weighted by Crippen LogP contribution is 2.35. The zero-order chi connectivity index (χ0) is 18.9. The first-order valence-corrected chi connectivity index (χ1v) is 8.05. The van der Waals surface area contributed by atoms with Gasteiger partial charge in [-0.15, -0.1) is 0 Å². The zero-order valence-corrected chi connectivity index (χ0v) is 14.1. The van der Waals surface area contributed by atoms with E-state index in [1.54, 1.807) is 25.1 Å². The number of amides is 1. The zero-order valence-electron chi connectivity index (χ0n) is 14.1. The molecule has 138 valence electrons. The van der Waals surface area contributed by atoms with Crippen LogP contribution in [0.4, 0.5) is 35.0 Å². The van der Waals surface area contributed by atoms with Crippen molar-refractivity contribution in [3.8, 4) is 0 Å². The minimum atomic E-state index is -4.35. The molecule has 0 fully saturated rings. The molecular weight excluding hydrogens is 347 g/mol. The van der Waals surface area contributed by atoms with Gasteiger partial charge in [0.05, 0.1) is 23.5 Å². The number of ether oxygens (including phenoxy) is 1. The van der Waals surface area contributed by atoms with Crippen molar-refractivity contribution >= 4 is 23.2 Å². The average molecular weight is 365 g/mol. The van der Waals surface area contributed by atoms with Crippen LogP contribution in [0.1, 0.15) is 23.6 Å². The van der Waals surface area contributed by atoms with E-state index in [4.69, 9.17) is 10.5 Å². The maximum absolute atomic E-state index is 12.9. The number of nitrogen functional groups attached to an aromatic ring is 1. The molecule has 3 N–H and O–H groups in total. The first kappa shape index (κ1) is 17.9. The van der Waals surface area contributed by atoms with Crippen molar-refractivity contribution in [2.24, 2.45) is 0 Å². The lowest BCUT2D eigenvalue weighted by molar-refractivity contribution is -0.137. The van der Waals surface area contributed by atoms with Crippen molar-refractivity contribution < 1.29 is 22.7 Å². The van der Waals surface area contributed by atoms with Crippen LogP contribution in [-0.4, -0.2) is 12.7 Å². The third-order valence-corrected chi connectivity index (χ3v) is 4.17. The summed E-state index contributed by atoms with van der Waals surface area (Å²) in [6.07, 6.45) is -4.95. The summed E-state index contributed by atoms with van der Waals surface area (Å²) in [5.41, 5.74) is 8.36. The van der Waals surface area contributed by atoms with E-state index in [0.29, 0.717) is 30.0 Å². The molecule has 3 rings (SSSR count). The number of alkyl halides is 3. The third-order valence-electron chi connectivity index (χ3n) is 4.17. The molecule has 0 saturated carbocycles. The van der Waals surface area contributed by atoms with E-state index in [9.17, 15) is 18.0 Å². The number of halogens is 3. The summed E-state index contributed by atoms with van der Waals surface area (Å²) in [5, 5.41) is 2.54. The van der Waals surface area contributed by atoms with Crippen molar-refractivity contribution in [2.75, 3.05) is 22.6 Å². The van der Waals surface area contributed by atoms with Gasteiger partial charge in [-0.05, 0) is 48.4 Å². The van der Waals surface area contributed by atoms with E-state index in [2.05, 4.69) is 5.32 Å². The Hall–Kier alpha value is -2.90. The van der Waals surface area contributed by atoms with Crippen LogP contribution in [0.3, 0.4) is 0 Å². The molecule has 26 heavy (non-hydrogen) atoms. The number of nitrogens with zero attached hydrogens (tertiary/aromatic N) is 1. The summed E-state index contributed by atoms with van der Waals surface area (Å²) >= 11 is 0. The fourth-order valence-corrected chi connectivity index (χ4v) is 2.89. The molecule has 0 aromatic heterocycles. The van der Waals surface area contributed by atoms with Gasteiger partial charge in [-0.1, -0.05) is 6.07 Å². The number of fused-ring (bicyclic) bond motifs is 1. The van der Waals surface area contributed by atoms with Crippen LogP contribution in [0.2, 0.25) is 0 Å². The number of nitrogens with one attached hydrogen (secondary N) is 1. The van der Waals surface area contributed by atoms with Crippen LogP contribution < -0.4 is 16.0 Å². The maximum Gasteiger partial charge on any atom is 0.416 e. The highest BCUT2D eigenvalue weighted by atomic mass is 19.4. The fraction of sp³-hybridized carbons (Fsp3) is 0.278. The minimum absolute atomic E-state index is 0.246. The van der Waals surface area contributed by atoms with Crippen LogP contribution >= 0.6 is 0 Å². The van der Waals surface area contributed by atoms with E-state index >= 15 is 0 Å². The number of benzene rings is 2. The van der Waals surface area contributed by atoms with Crippen molar-refractivity contribution in [2.45, 2.75) is 26.2 Å². The quantitative estimate of drug-likeness (QED) is 0.793. The van der Waals surface area contributed by atoms with Gasteiger partial charge in [-0.3, -0.25) is 5.32 Å². The molecule has 0 atom stereocenters. The van der Waals surface area contributed by atoms with Gasteiger partial charge in [0.15, 0.2) is 0 Å². The molecular formula is C18H18F3N3O2. The number of carbonyl (C=O) groups is 1. The molecule has 0 bridgehead atoms.